The number of rotatable bonds is 2. The number of amides is 1. The summed E-state index contributed by atoms with van der Waals surface area (Å²) in [5, 5.41) is 0.553. The molecule has 122 valence electrons. The molecule has 0 spiro atoms. The van der Waals surface area contributed by atoms with Gasteiger partial charge in [-0.1, -0.05) is 39.7 Å². The predicted molar refractivity (Wildman–Crippen MR) is 88.5 cm³/mol. The molecule has 0 saturated heterocycles. The number of benzene rings is 1. The Labute approximate surface area is 148 Å². The standard InChI is InChI=1S/C15H10BrClF3NOS/c16-13(8-1-3-9(17)4-2-8)14(22)21-6-5-11-10(21)7-12(23-11)15(18,19)20/h1-4,7,13H,5-6H2. The molecular formula is C15H10BrClF3NOS. The summed E-state index contributed by atoms with van der Waals surface area (Å²) in [6.07, 6.45) is -3.93. The zero-order valence-electron chi connectivity index (χ0n) is 11.5. The third-order valence-corrected chi connectivity index (χ3v) is 5.97. The molecule has 0 fully saturated rings. The molecule has 0 bridgehead atoms. The molecule has 1 amide bonds. The minimum atomic E-state index is -4.38. The lowest BCUT2D eigenvalue weighted by Gasteiger charge is -2.20. The van der Waals surface area contributed by atoms with E-state index in [2.05, 4.69) is 15.9 Å². The third kappa shape index (κ3) is 3.27. The van der Waals surface area contributed by atoms with E-state index >= 15 is 0 Å². The van der Waals surface area contributed by atoms with E-state index in [1.165, 1.54) is 4.90 Å². The van der Waals surface area contributed by atoms with Gasteiger partial charge < -0.3 is 4.90 Å². The van der Waals surface area contributed by atoms with E-state index in [0.717, 1.165) is 6.07 Å². The average molecular weight is 425 g/mol. The Morgan fingerprint density at radius 1 is 1.30 bits per heavy atom. The second kappa shape index (κ2) is 6.11. The average Bonchev–Trinajstić information content (AvgIpc) is 3.06. The van der Waals surface area contributed by atoms with Crippen LogP contribution in [0.3, 0.4) is 0 Å². The maximum Gasteiger partial charge on any atom is 0.425 e. The lowest BCUT2D eigenvalue weighted by molar-refractivity contribution is -0.134. The van der Waals surface area contributed by atoms with Gasteiger partial charge in [0.1, 0.15) is 9.70 Å². The maximum absolute atomic E-state index is 12.8. The van der Waals surface area contributed by atoms with E-state index in [1.54, 1.807) is 24.3 Å². The van der Waals surface area contributed by atoms with Crippen molar-refractivity contribution in [3.8, 4) is 0 Å². The van der Waals surface area contributed by atoms with Crippen LogP contribution in [0.25, 0.3) is 0 Å². The first-order valence-electron chi connectivity index (χ1n) is 6.68. The number of hydrogen-bond donors (Lipinski definition) is 0. The number of anilines is 1. The summed E-state index contributed by atoms with van der Waals surface area (Å²) in [4.78, 5) is 13.3. The first kappa shape index (κ1) is 16.8. The quantitative estimate of drug-likeness (QED) is 0.587. The first-order valence-corrected chi connectivity index (χ1v) is 8.79. The number of halogens is 5. The Morgan fingerprint density at radius 2 is 1.96 bits per heavy atom. The van der Waals surface area contributed by atoms with E-state index in [9.17, 15) is 18.0 Å². The molecule has 0 saturated carbocycles. The van der Waals surface area contributed by atoms with Crippen molar-refractivity contribution in [2.24, 2.45) is 0 Å². The molecule has 1 unspecified atom stereocenters. The Kier molecular flexibility index (Phi) is 4.46. The van der Waals surface area contributed by atoms with Gasteiger partial charge in [-0.25, -0.2) is 0 Å². The molecule has 3 rings (SSSR count). The summed E-state index contributed by atoms with van der Waals surface area (Å²) in [6.45, 7) is 0.397. The van der Waals surface area contributed by atoms with Gasteiger partial charge >= 0.3 is 6.18 Å². The van der Waals surface area contributed by atoms with Crippen molar-refractivity contribution < 1.29 is 18.0 Å². The van der Waals surface area contributed by atoms with Crippen molar-refractivity contribution in [1.29, 1.82) is 0 Å². The summed E-state index contributed by atoms with van der Waals surface area (Å²) in [5.74, 6) is -0.280. The second-order valence-corrected chi connectivity index (χ2v) is 7.56. The minimum Gasteiger partial charge on any atom is -0.310 e. The highest BCUT2D eigenvalue weighted by molar-refractivity contribution is 9.09. The van der Waals surface area contributed by atoms with Crippen LogP contribution in [-0.4, -0.2) is 12.5 Å². The van der Waals surface area contributed by atoms with Crippen molar-refractivity contribution in [3.63, 3.8) is 0 Å². The van der Waals surface area contributed by atoms with Gasteiger partial charge in [0.2, 0.25) is 5.91 Å². The zero-order chi connectivity index (χ0) is 16.8. The number of fused-ring (bicyclic) bond motifs is 1. The van der Waals surface area contributed by atoms with Crippen LogP contribution in [0.1, 0.15) is 20.1 Å². The lowest BCUT2D eigenvalue weighted by Crippen LogP contribution is -2.31. The molecule has 0 aliphatic carbocycles. The highest BCUT2D eigenvalue weighted by atomic mass is 79.9. The molecule has 2 nitrogen and oxygen atoms in total. The van der Waals surface area contributed by atoms with Crippen LogP contribution in [0.5, 0.6) is 0 Å². The molecule has 0 N–H and O–H groups in total. The smallest absolute Gasteiger partial charge is 0.310 e. The normalized spacial score (nSPS) is 15.6. The van der Waals surface area contributed by atoms with Crippen LogP contribution in [-0.2, 0) is 17.4 Å². The Balaban J connectivity index is 1.85. The summed E-state index contributed by atoms with van der Waals surface area (Å²) in [7, 11) is 0. The van der Waals surface area contributed by atoms with Gasteiger partial charge in [-0.05, 0) is 23.8 Å². The number of hydrogen-bond acceptors (Lipinski definition) is 2. The van der Waals surface area contributed by atoms with Crippen molar-refractivity contribution in [1.82, 2.24) is 0 Å². The van der Waals surface area contributed by atoms with Gasteiger partial charge in [-0.2, -0.15) is 13.2 Å². The van der Waals surface area contributed by atoms with Gasteiger partial charge in [-0.15, -0.1) is 11.3 Å². The van der Waals surface area contributed by atoms with Crippen molar-refractivity contribution in [3.05, 3.63) is 50.7 Å². The lowest BCUT2D eigenvalue weighted by atomic mass is 10.1. The van der Waals surface area contributed by atoms with Crippen LogP contribution in [0.2, 0.25) is 5.02 Å². The van der Waals surface area contributed by atoms with Crippen molar-refractivity contribution in [2.75, 3.05) is 11.4 Å². The van der Waals surface area contributed by atoms with Crippen LogP contribution in [0.4, 0.5) is 18.9 Å². The third-order valence-electron chi connectivity index (χ3n) is 3.56. The summed E-state index contributed by atoms with van der Waals surface area (Å²) in [6, 6.07) is 7.82. The van der Waals surface area contributed by atoms with Gasteiger partial charge in [0.25, 0.3) is 0 Å². The summed E-state index contributed by atoms with van der Waals surface area (Å²) in [5.41, 5.74) is 1.07. The molecule has 2 heterocycles. The van der Waals surface area contributed by atoms with Crippen LogP contribution < -0.4 is 4.90 Å². The molecule has 8 heteroatoms. The number of thiophene rings is 1. The molecule has 1 aliphatic heterocycles. The van der Waals surface area contributed by atoms with Gasteiger partial charge in [0.05, 0.1) is 5.69 Å². The Bertz CT molecular complexity index is 744. The van der Waals surface area contributed by atoms with Crippen LogP contribution in [0, 0.1) is 0 Å². The van der Waals surface area contributed by atoms with Crippen LogP contribution in [0.15, 0.2) is 30.3 Å². The van der Waals surface area contributed by atoms with Crippen molar-refractivity contribution in [2.45, 2.75) is 17.4 Å². The molecule has 1 aliphatic rings. The highest BCUT2D eigenvalue weighted by Crippen LogP contribution is 2.44. The molecular weight excluding hydrogens is 415 g/mol. The minimum absolute atomic E-state index is 0.280. The van der Waals surface area contributed by atoms with E-state index in [0.29, 0.717) is 45.5 Å². The van der Waals surface area contributed by atoms with Crippen molar-refractivity contribution >= 4 is 50.5 Å². The van der Waals surface area contributed by atoms with E-state index < -0.39 is 15.9 Å². The van der Waals surface area contributed by atoms with Crippen LogP contribution >= 0.6 is 38.9 Å². The number of carbonyl (C=O) groups excluding carboxylic acids is 1. The fraction of sp³-hybridized carbons (Fsp3) is 0.267. The molecule has 1 aromatic carbocycles. The number of nitrogens with zero attached hydrogens (tertiary/aromatic N) is 1. The van der Waals surface area contributed by atoms with Gasteiger partial charge in [0.15, 0.2) is 0 Å². The first-order chi connectivity index (χ1) is 10.8. The van der Waals surface area contributed by atoms with E-state index in [4.69, 9.17) is 11.6 Å². The fourth-order valence-corrected chi connectivity index (χ4v) is 4.14. The van der Waals surface area contributed by atoms with Gasteiger partial charge in [-0.3, -0.25) is 4.79 Å². The SMILES string of the molecule is O=C(C(Br)c1ccc(Cl)cc1)N1CCc2sc(C(F)(F)F)cc21. The molecule has 1 aromatic heterocycles. The second-order valence-electron chi connectivity index (χ2n) is 5.07. The summed E-state index contributed by atoms with van der Waals surface area (Å²) >= 11 is 9.86. The topological polar surface area (TPSA) is 20.3 Å². The molecule has 2 aromatic rings. The predicted octanol–water partition coefficient (Wildman–Crippen LogP) is 5.45. The molecule has 1 atom stereocenters. The highest BCUT2D eigenvalue weighted by Gasteiger charge is 2.38. The Hall–Kier alpha value is -1.05. The monoisotopic (exact) mass is 423 g/mol. The summed E-state index contributed by atoms with van der Waals surface area (Å²) < 4.78 is 38.4. The molecule has 23 heavy (non-hydrogen) atoms. The maximum atomic E-state index is 12.8. The fourth-order valence-electron chi connectivity index (χ4n) is 2.44. The van der Waals surface area contributed by atoms with E-state index in [-0.39, 0.29) is 5.91 Å². The molecule has 0 radical (unpaired) electrons. The van der Waals surface area contributed by atoms with Gasteiger partial charge in [0, 0.05) is 22.9 Å². The number of alkyl halides is 4. The van der Waals surface area contributed by atoms with E-state index in [1.807, 2.05) is 0 Å². The Morgan fingerprint density at radius 3 is 2.57 bits per heavy atom. The zero-order valence-corrected chi connectivity index (χ0v) is 14.7. The number of carbonyl (C=O) groups is 1. The largest absolute Gasteiger partial charge is 0.425 e.